The molecule has 2 aliphatic rings. The minimum atomic E-state index is -0.466. The molecule has 2 aromatic carbocycles. The summed E-state index contributed by atoms with van der Waals surface area (Å²) >= 11 is 12.3. The van der Waals surface area contributed by atoms with E-state index in [1.165, 1.54) is 17.8 Å². The molecule has 2 aliphatic heterocycles. The fraction of sp³-hybridized carbons (Fsp3) is 0.367. The first-order chi connectivity index (χ1) is 19.4. The summed E-state index contributed by atoms with van der Waals surface area (Å²) in [6.07, 6.45) is 3.79. The van der Waals surface area contributed by atoms with E-state index in [0.717, 1.165) is 58.7 Å². The first-order valence-corrected chi connectivity index (χ1v) is 14.2. The third-order valence-corrected chi connectivity index (χ3v) is 8.23. The van der Waals surface area contributed by atoms with Crippen LogP contribution in [0.3, 0.4) is 0 Å². The van der Waals surface area contributed by atoms with Crippen LogP contribution in [0.2, 0.25) is 10.0 Å². The molecule has 0 unspecified atom stereocenters. The highest BCUT2D eigenvalue weighted by atomic mass is 35.5. The zero-order valence-electron chi connectivity index (χ0n) is 22.1. The topological polar surface area (TPSA) is 75.5 Å². The minimum Gasteiger partial charge on any atom is -0.353 e. The third kappa shape index (κ3) is 6.91. The highest BCUT2D eigenvalue weighted by Crippen LogP contribution is 2.27. The van der Waals surface area contributed by atoms with Crippen molar-refractivity contribution in [3.05, 3.63) is 92.8 Å². The number of piperidine rings is 1. The summed E-state index contributed by atoms with van der Waals surface area (Å²) in [6, 6.07) is 16.6. The van der Waals surface area contributed by atoms with Gasteiger partial charge in [0.05, 0.1) is 22.2 Å². The molecule has 0 spiro atoms. The first-order valence-electron chi connectivity index (χ1n) is 13.5. The second kappa shape index (κ2) is 13.0. The molecular weight excluding hydrogens is 550 g/mol. The highest BCUT2D eigenvalue weighted by Gasteiger charge is 2.28. The van der Waals surface area contributed by atoms with E-state index in [9.17, 15) is 9.18 Å². The van der Waals surface area contributed by atoms with E-state index in [1.807, 2.05) is 24.3 Å². The lowest BCUT2D eigenvalue weighted by Crippen LogP contribution is -2.53. The highest BCUT2D eigenvalue weighted by molar-refractivity contribution is 6.33. The fourth-order valence-electron chi connectivity index (χ4n) is 5.41. The predicted molar refractivity (Wildman–Crippen MR) is 157 cm³/mol. The monoisotopic (exact) mass is 582 g/mol. The fourth-order valence-corrected chi connectivity index (χ4v) is 5.86. The number of anilines is 1. The van der Waals surface area contributed by atoms with Gasteiger partial charge < -0.3 is 10.2 Å². The van der Waals surface area contributed by atoms with Crippen molar-refractivity contribution in [3.63, 3.8) is 0 Å². The molecule has 0 saturated carbocycles. The van der Waals surface area contributed by atoms with Crippen LogP contribution in [0, 0.1) is 17.1 Å². The van der Waals surface area contributed by atoms with Crippen LogP contribution in [0.5, 0.6) is 0 Å². The van der Waals surface area contributed by atoms with Crippen molar-refractivity contribution in [2.45, 2.75) is 32.0 Å². The van der Waals surface area contributed by atoms with Crippen LogP contribution >= 0.6 is 23.2 Å². The Bertz CT molecular complexity index is 1390. The Morgan fingerprint density at radius 2 is 1.77 bits per heavy atom. The van der Waals surface area contributed by atoms with Gasteiger partial charge in [-0.1, -0.05) is 41.4 Å². The number of halogens is 3. The number of aromatic nitrogens is 1. The van der Waals surface area contributed by atoms with Gasteiger partial charge in [0, 0.05) is 63.5 Å². The van der Waals surface area contributed by atoms with E-state index in [4.69, 9.17) is 28.5 Å². The Kier molecular flexibility index (Phi) is 9.18. The van der Waals surface area contributed by atoms with E-state index in [2.05, 4.69) is 31.1 Å². The molecule has 0 bridgehead atoms. The molecular formula is C30H33Cl2FN6O. The Hall–Kier alpha value is -3.22. The summed E-state index contributed by atoms with van der Waals surface area (Å²) in [4.78, 5) is 24.3. The number of nitriles is 1. The van der Waals surface area contributed by atoms with Gasteiger partial charge >= 0.3 is 0 Å². The molecule has 10 heteroatoms. The lowest BCUT2D eigenvalue weighted by atomic mass is 10.0. The average Bonchev–Trinajstić information content (AvgIpc) is 2.97. The molecule has 2 saturated heterocycles. The van der Waals surface area contributed by atoms with Crippen molar-refractivity contribution in [2.24, 2.45) is 0 Å². The molecule has 210 valence electrons. The Morgan fingerprint density at radius 1 is 1.05 bits per heavy atom. The van der Waals surface area contributed by atoms with E-state index in [-0.39, 0.29) is 13.9 Å². The van der Waals surface area contributed by atoms with Crippen LogP contribution in [0.25, 0.3) is 0 Å². The van der Waals surface area contributed by atoms with Gasteiger partial charge in [0.15, 0.2) is 0 Å². The van der Waals surface area contributed by atoms with Crippen molar-refractivity contribution in [1.82, 2.24) is 20.1 Å². The number of carbonyl (C=O) groups is 1. The van der Waals surface area contributed by atoms with Crippen LogP contribution in [-0.4, -0.2) is 66.0 Å². The van der Waals surface area contributed by atoms with Crippen molar-refractivity contribution >= 4 is 34.9 Å². The standard InChI is InChI=1S/C30H31Cl2FN6O.H2/c31-25-6-5-23(28(33)16-25)18-36-30(40)24-15-27(32)29(35-19-24)39-13-11-38(12-14-39)26-7-9-37(10-8-26)20-22-3-1-21(17-34)2-4-22;/h1-6,15-16,19,26H,7-14,18,20H2,(H,36,40);1H. The summed E-state index contributed by atoms with van der Waals surface area (Å²) < 4.78 is 14.0. The number of hydrogen-bond acceptors (Lipinski definition) is 6. The van der Waals surface area contributed by atoms with E-state index >= 15 is 0 Å². The second-order valence-corrected chi connectivity index (χ2v) is 11.1. The van der Waals surface area contributed by atoms with Gasteiger partial charge in [0.25, 0.3) is 5.91 Å². The zero-order valence-corrected chi connectivity index (χ0v) is 23.6. The summed E-state index contributed by atoms with van der Waals surface area (Å²) in [7, 11) is 0. The molecule has 0 aliphatic carbocycles. The zero-order chi connectivity index (χ0) is 28.1. The van der Waals surface area contributed by atoms with Gasteiger partial charge in [-0.15, -0.1) is 0 Å². The van der Waals surface area contributed by atoms with Crippen LogP contribution < -0.4 is 10.2 Å². The van der Waals surface area contributed by atoms with Crippen LogP contribution in [0.1, 0.15) is 41.3 Å². The molecule has 40 heavy (non-hydrogen) atoms. The number of pyridine rings is 1. The molecule has 3 aromatic rings. The number of nitrogens with zero attached hydrogens (tertiary/aromatic N) is 5. The lowest BCUT2D eigenvalue weighted by molar-refractivity contribution is 0.0950. The van der Waals surface area contributed by atoms with E-state index in [1.54, 1.807) is 18.2 Å². The molecule has 3 heterocycles. The van der Waals surface area contributed by atoms with Gasteiger partial charge in [0.2, 0.25) is 0 Å². The van der Waals surface area contributed by atoms with Crippen LogP contribution in [0.4, 0.5) is 10.2 Å². The van der Waals surface area contributed by atoms with Gasteiger partial charge in [0.1, 0.15) is 11.6 Å². The molecule has 7 nitrogen and oxygen atoms in total. The minimum absolute atomic E-state index is 0. The number of hydrogen-bond donors (Lipinski definition) is 1. The number of carbonyl (C=O) groups excluding carboxylic acids is 1. The molecule has 1 N–H and O–H groups in total. The molecule has 2 fully saturated rings. The van der Waals surface area contributed by atoms with Gasteiger partial charge in [-0.2, -0.15) is 5.26 Å². The maximum Gasteiger partial charge on any atom is 0.253 e. The predicted octanol–water partition coefficient (Wildman–Crippen LogP) is 5.36. The first kappa shape index (κ1) is 28.3. The smallest absolute Gasteiger partial charge is 0.253 e. The number of amides is 1. The maximum atomic E-state index is 14.0. The van der Waals surface area contributed by atoms with Crippen molar-refractivity contribution in [3.8, 4) is 6.07 Å². The summed E-state index contributed by atoms with van der Waals surface area (Å²) in [5.74, 6) is -0.156. The SMILES string of the molecule is N#Cc1ccc(CN2CCC(N3CCN(c4ncc(C(=O)NCc5ccc(Cl)cc5F)cc4Cl)CC3)CC2)cc1.[HH]. The number of benzene rings is 2. The summed E-state index contributed by atoms with van der Waals surface area (Å²) in [5, 5.41) is 12.4. The quantitative estimate of drug-likeness (QED) is 0.404. The number of rotatable bonds is 7. The van der Waals surface area contributed by atoms with Gasteiger partial charge in [-0.05, 0) is 61.8 Å². The molecule has 1 amide bonds. The lowest BCUT2D eigenvalue weighted by Gasteiger charge is -2.43. The normalized spacial score (nSPS) is 17.0. The Morgan fingerprint density at radius 3 is 2.42 bits per heavy atom. The Labute approximate surface area is 245 Å². The Balaban J connectivity index is 0.00000387. The summed E-state index contributed by atoms with van der Waals surface area (Å²) in [5.41, 5.74) is 2.62. The number of nitrogens with one attached hydrogen (secondary N) is 1. The van der Waals surface area contributed by atoms with Crippen molar-refractivity contribution in [1.29, 1.82) is 5.26 Å². The van der Waals surface area contributed by atoms with Crippen LogP contribution in [0.15, 0.2) is 54.7 Å². The maximum absolute atomic E-state index is 14.0. The van der Waals surface area contributed by atoms with E-state index < -0.39 is 5.82 Å². The van der Waals surface area contributed by atoms with E-state index in [0.29, 0.717) is 38.6 Å². The van der Waals surface area contributed by atoms with Gasteiger partial charge in [-0.3, -0.25) is 14.6 Å². The van der Waals surface area contributed by atoms with Crippen molar-refractivity contribution < 1.29 is 10.6 Å². The molecule has 0 radical (unpaired) electrons. The average molecular weight is 584 g/mol. The van der Waals surface area contributed by atoms with Gasteiger partial charge in [-0.25, -0.2) is 9.37 Å². The third-order valence-electron chi connectivity index (χ3n) is 7.71. The summed E-state index contributed by atoms with van der Waals surface area (Å²) in [6.45, 7) is 6.60. The van der Waals surface area contributed by atoms with Crippen LogP contribution in [-0.2, 0) is 13.1 Å². The molecule has 0 atom stereocenters. The molecule has 5 rings (SSSR count). The van der Waals surface area contributed by atoms with Crippen molar-refractivity contribution in [2.75, 3.05) is 44.2 Å². The number of likely N-dealkylation sites (tertiary alicyclic amines) is 1. The largest absolute Gasteiger partial charge is 0.353 e. The molecule has 1 aromatic heterocycles. The second-order valence-electron chi connectivity index (χ2n) is 10.3. The number of piperazine rings is 1.